The molecule has 7 heteroatoms. The largest absolute Gasteiger partial charge is 0.465 e. The van der Waals surface area contributed by atoms with Crippen LogP contribution in [0.4, 0.5) is 4.79 Å². The zero-order valence-corrected chi connectivity index (χ0v) is 18.1. The highest BCUT2D eigenvalue weighted by Crippen LogP contribution is 2.33. The Labute approximate surface area is 174 Å². The van der Waals surface area contributed by atoms with Gasteiger partial charge in [0.25, 0.3) is 11.1 Å². The third-order valence-corrected chi connectivity index (χ3v) is 5.60. The maximum absolute atomic E-state index is 12.6. The first kappa shape index (κ1) is 20.9. The number of esters is 1. The lowest BCUT2D eigenvalue weighted by Gasteiger charge is -2.12. The molecule has 0 atom stereocenters. The van der Waals surface area contributed by atoms with Crippen LogP contribution in [-0.4, -0.2) is 39.7 Å². The summed E-state index contributed by atoms with van der Waals surface area (Å²) in [5, 5.41) is -0.461. The minimum Gasteiger partial charge on any atom is -0.465 e. The molecule has 6 nitrogen and oxygen atoms in total. The molecule has 0 N–H and O–H groups in total. The van der Waals surface area contributed by atoms with E-state index in [9.17, 15) is 14.4 Å². The summed E-state index contributed by atoms with van der Waals surface area (Å²) in [7, 11) is 0. The summed E-state index contributed by atoms with van der Waals surface area (Å²) in [6.07, 6.45) is 1.72. The van der Waals surface area contributed by atoms with Gasteiger partial charge in [-0.2, -0.15) is 0 Å². The van der Waals surface area contributed by atoms with E-state index in [1.165, 1.54) is 11.1 Å². The van der Waals surface area contributed by atoms with Crippen molar-refractivity contribution in [1.82, 2.24) is 9.47 Å². The Kier molecular flexibility index (Phi) is 5.98. The van der Waals surface area contributed by atoms with E-state index in [1.807, 2.05) is 19.9 Å². The van der Waals surface area contributed by atoms with E-state index in [0.717, 1.165) is 39.3 Å². The lowest BCUT2D eigenvalue weighted by molar-refractivity contribution is -0.145. The topological polar surface area (TPSA) is 68.6 Å². The molecule has 1 aromatic heterocycles. The van der Waals surface area contributed by atoms with Crippen LogP contribution in [0.1, 0.15) is 35.0 Å². The van der Waals surface area contributed by atoms with Gasteiger partial charge in [0, 0.05) is 17.1 Å². The van der Waals surface area contributed by atoms with Gasteiger partial charge >= 0.3 is 5.97 Å². The summed E-state index contributed by atoms with van der Waals surface area (Å²) in [6, 6.07) is 8.35. The van der Waals surface area contributed by atoms with Crippen molar-refractivity contribution in [2.45, 2.75) is 34.6 Å². The number of aryl methyl sites for hydroxylation is 3. The van der Waals surface area contributed by atoms with Crippen molar-refractivity contribution >= 4 is 35.0 Å². The molecule has 2 aromatic rings. The highest BCUT2D eigenvalue weighted by molar-refractivity contribution is 8.18. The summed E-state index contributed by atoms with van der Waals surface area (Å²) >= 11 is 0.843. The van der Waals surface area contributed by atoms with E-state index >= 15 is 0 Å². The SMILES string of the molecule is CCOC(=O)CN1C(=O)S/C(=C/c2cc(C)n(-c3cc(C)cc(C)c3)c2C)C1=O. The normalized spacial score (nSPS) is 15.5. The van der Waals surface area contributed by atoms with Crippen LogP contribution in [0, 0.1) is 27.7 Å². The van der Waals surface area contributed by atoms with E-state index < -0.39 is 17.1 Å². The molecule has 3 rings (SSSR count). The molecule has 0 aliphatic carbocycles. The zero-order chi connectivity index (χ0) is 21.3. The number of hydrogen-bond donors (Lipinski definition) is 0. The number of hydrogen-bond acceptors (Lipinski definition) is 5. The van der Waals surface area contributed by atoms with Crippen molar-refractivity contribution in [2.24, 2.45) is 0 Å². The molecule has 0 radical (unpaired) electrons. The lowest BCUT2D eigenvalue weighted by Crippen LogP contribution is -2.34. The first-order chi connectivity index (χ1) is 13.7. The maximum Gasteiger partial charge on any atom is 0.326 e. The van der Waals surface area contributed by atoms with Crippen LogP contribution < -0.4 is 0 Å². The average Bonchev–Trinajstić information content (AvgIpc) is 3.04. The van der Waals surface area contributed by atoms with Gasteiger partial charge in [-0.15, -0.1) is 0 Å². The molecular formula is C22H24N2O4S. The number of carbonyl (C=O) groups excluding carboxylic acids is 3. The van der Waals surface area contributed by atoms with Crippen molar-refractivity contribution in [3.63, 3.8) is 0 Å². The number of nitrogens with zero attached hydrogens (tertiary/aromatic N) is 2. The minimum atomic E-state index is -0.593. The Bertz CT molecular complexity index is 1020. The van der Waals surface area contributed by atoms with Crippen molar-refractivity contribution in [3.05, 3.63) is 57.2 Å². The van der Waals surface area contributed by atoms with Gasteiger partial charge in [-0.25, -0.2) is 0 Å². The number of rotatable bonds is 5. The Hall–Kier alpha value is -2.80. The molecule has 29 heavy (non-hydrogen) atoms. The summed E-state index contributed by atoms with van der Waals surface area (Å²) in [4.78, 5) is 37.7. The molecule has 1 fully saturated rings. The van der Waals surface area contributed by atoms with Gasteiger partial charge in [0.05, 0.1) is 11.5 Å². The molecular weight excluding hydrogens is 388 g/mol. The van der Waals surface area contributed by atoms with Crippen LogP contribution in [0.25, 0.3) is 11.8 Å². The summed E-state index contributed by atoms with van der Waals surface area (Å²) < 4.78 is 6.98. The zero-order valence-electron chi connectivity index (χ0n) is 17.2. The van der Waals surface area contributed by atoms with Crippen molar-refractivity contribution < 1.29 is 19.1 Å². The van der Waals surface area contributed by atoms with Crippen molar-refractivity contribution in [1.29, 1.82) is 0 Å². The maximum atomic E-state index is 12.6. The van der Waals surface area contributed by atoms with Crippen LogP contribution in [0.2, 0.25) is 0 Å². The lowest BCUT2D eigenvalue weighted by atomic mass is 10.1. The van der Waals surface area contributed by atoms with Crippen LogP contribution in [0.5, 0.6) is 0 Å². The van der Waals surface area contributed by atoms with Gasteiger partial charge in [0.15, 0.2) is 0 Å². The van der Waals surface area contributed by atoms with E-state index in [1.54, 1.807) is 13.0 Å². The fourth-order valence-electron chi connectivity index (χ4n) is 3.52. The third-order valence-electron chi connectivity index (χ3n) is 4.69. The molecule has 0 saturated carbocycles. The van der Waals surface area contributed by atoms with E-state index in [0.29, 0.717) is 4.91 Å². The first-order valence-corrected chi connectivity index (χ1v) is 10.2. The Morgan fingerprint density at radius 3 is 2.34 bits per heavy atom. The second-order valence-corrected chi connectivity index (χ2v) is 8.07. The highest BCUT2D eigenvalue weighted by atomic mass is 32.2. The Balaban J connectivity index is 1.93. The molecule has 1 aliphatic heterocycles. The third kappa shape index (κ3) is 4.29. The van der Waals surface area contributed by atoms with Gasteiger partial charge in [-0.1, -0.05) is 6.07 Å². The van der Waals surface area contributed by atoms with Gasteiger partial charge in [0.1, 0.15) is 6.54 Å². The molecule has 1 saturated heterocycles. The van der Waals surface area contributed by atoms with Crippen LogP contribution in [0.15, 0.2) is 29.2 Å². The number of thioether (sulfide) groups is 1. The van der Waals surface area contributed by atoms with Gasteiger partial charge < -0.3 is 9.30 Å². The Morgan fingerprint density at radius 2 is 1.72 bits per heavy atom. The van der Waals surface area contributed by atoms with Crippen LogP contribution in [0.3, 0.4) is 0 Å². The van der Waals surface area contributed by atoms with Crippen LogP contribution in [-0.2, 0) is 14.3 Å². The predicted molar refractivity (Wildman–Crippen MR) is 114 cm³/mol. The number of carbonyl (C=O) groups is 3. The average molecular weight is 413 g/mol. The number of benzene rings is 1. The second-order valence-electron chi connectivity index (χ2n) is 7.08. The molecule has 0 bridgehead atoms. The van der Waals surface area contributed by atoms with Crippen LogP contribution >= 0.6 is 11.8 Å². The van der Waals surface area contributed by atoms with Gasteiger partial charge in [-0.3, -0.25) is 19.3 Å². The number of imide groups is 1. The first-order valence-electron chi connectivity index (χ1n) is 9.40. The minimum absolute atomic E-state index is 0.204. The number of aromatic nitrogens is 1. The quantitative estimate of drug-likeness (QED) is 0.541. The summed E-state index contributed by atoms with van der Waals surface area (Å²) in [6.45, 7) is 9.63. The summed E-state index contributed by atoms with van der Waals surface area (Å²) in [5.74, 6) is -1.06. The van der Waals surface area contributed by atoms with E-state index in [2.05, 4.69) is 36.6 Å². The molecule has 1 aliphatic rings. The standard InChI is InChI=1S/C22H24N2O4S/c1-6-28-20(25)12-23-21(26)19(29-22(23)27)11-17-10-15(4)24(16(17)5)18-8-13(2)7-14(3)9-18/h7-11H,6,12H2,1-5H3/b19-11+. The molecule has 2 heterocycles. The molecule has 1 aromatic carbocycles. The molecule has 152 valence electrons. The molecule has 2 amide bonds. The number of amides is 2. The van der Waals surface area contributed by atoms with Gasteiger partial charge in [0.2, 0.25) is 0 Å². The second kappa shape index (κ2) is 8.29. The molecule has 0 spiro atoms. The highest BCUT2D eigenvalue weighted by Gasteiger charge is 2.36. The van der Waals surface area contributed by atoms with Crippen molar-refractivity contribution in [3.8, 4) is 5.69 Å². The van der Waals surface area contributed by atoms with E-state index in [-0.39, 0.29) is 13.2 Å². The van der Waals surface area contributed by atoms with E-state index in [4.69, 9.17) is 4.74 Å². The predicted octanol–water partition coefficient (Wildman–Crippen LogP) is 4.31. The monoisotopic (exact) mass is 412 g/mol. The summed E-state index contributed by atoms with van der Waals surface area (Å²) in [5.41, 5.74) is 6.29. The number of ether oxygens (including phenoxy) is 1. The Morgan fingerprint density at radius 1 is 1.07 bits per heavy atom. The fraction of sp³-hybridized carbons (Fsp3) is 0.318. The smallest absolute Gasteiger partial charge is 0.326 e. The molecule has 0 unspecified atom stereocenters. The van der Waals surface area contributed by atoms with Crippen molar-refractivity contribution in [2.75, 3.05) is 13.2 Å². The van der Waals surface area contributed by atoms with Gasteiger partial charge in [-0.05, 0) is 87.3 Å². The fourth-order valence-corrected chi connectivity index (χ4v) is 4.35.